The van der Waals surface area contributed by atoms with Crippen molar-refractivity contribution in [2.75, 3.05) is 26.2 Å². The van der Waals surface area contributed by atoms with Crippen molar-refractivity contribution in [3.05, 3.63) is 29.7 Å². The highest BCUT2D eigenvalue weighted by molar-refractivity contribution is 5.95. The Balaban J connectivity index is 0.00000169. The average Bonchev–Trinajstić information content (AvgIpc) is 3.02. The summed E-state index contributed by atoms with van der Waals surface area (Å²) in [7, 11) is 0. The highest BCUT2D eigenvalue weighted by atomic mass is 35.5. The van der Waals surface area contributed by atoms with E-state index in [4.69, 9.17) is 10.2 Å². The molecule has 1 aliphatic rings. The third-order valence-electron chi connectivity index (χ3n) is 4.25. The maximum Gasteiger partial charge on any atom is 0.289 e. The predicted octanol–water partition coefficient (Wildman–Crippen LogP) is 1.91. The van der Waals surface area contributed by atoms with Crippen LogP contribution in [0.25, 0.3) is 11.1 Å². The Kier molecular flexibility index (Phi) is 8.33. The first kappa shape index (κ1) is 22.2. The smallest absolute Gasteiger partial charge is 0.289 e. The Hall–Kier alpha value is -1.83. The molecule has 2 aromatic rings. The molecule has 144 valence electrons. The number of pyridine rings is 1. The SMILES string of the molecule is Cc1ccc2oc(C(=O)N3CCCC(C(=O)NCCN)C3)cc2n1.Cl.Cl. The van der Waals surface area contributed by atoms with E-state index in [1.165, 1.54) is 0 Å². The van der Waals surface area contributed by atoms with Crippen LogP contribution in [-0.2, 0) is 4.79 Å². The second-order valence-electron chi connectivity index (χ2n) is 6.12. The van der Waals surface area contributed by atoms with Gasteiger partial charge in [-0.05, 0) is 31.9 Å². The molecule has 1 atom stereocenters. The normalized spacial score (nSPS) is 16.5. The van der Waals surface area contributed by atoms with Gasteiger partial charge in [0.05, 0.1) is 5.92 Å². The molecule has 26 heavy (non-hydrogen) atoms. The second kappa shape index (κ2) is 9.75. The Morgan fingerprint density at radius 1 is 1.38 bits per heavy atom. The summed E-state index contributed by atoms with van der Waals surface area (Å²) in [5.41, 5.74) is 7.55. The third-order valence-corrected chi connectivity index (χ3v) is 4.25. The van der Waals surface area contributed by atoms with Crippen LogP contribution in [0.15, 0.2) is 22.6 Å². The molecule has 9 heteroatoms. The number of piperidine rings is 1. The highest BCUT2D eigenvalue weighted by Crippen LogP contribution is 2.22. The van der Waals surface area contributed by atoms with Gasteiger partial charge >= 0.3 is 0 Å². The van der Waals surface area contributed by atoms with Crippen molar-refractivity contribution in [2.24, 2.45) is 11.7 Å². The quantitative estimate of drug-likeness (QED) is 0.812. The number of nitrogens with one attached hydrogen (secondary N) is 1. The van der Waals surface area contributed by atoms with Gasteiger partial charge < -0.3 is 20.4 Å². The zero-order valence-electron chi connectivity index (χ0n) is 14.6. The number of fused-ring (bicyclic) bond motifs is 1. The van der Waals surface area contributed by atoms with Crippen LogP contribution in [0.4, 0.5) is 0 Å². The summed E-state index contributed by atoms with van der Waals surface area (Å²) in [6.07, 6.45) is 1.57. The summed E-state index contributed by atoms with van der Waals surface area (Å²) in [5.74, 6) is -0.160. The Bertz CT molecular complexity index is 766. The lowest BCUT2D eigenvalue weighted by atomic mass is 9.97. The number of hydrogen-bond acceptors (Lipinski definition) is 5. The highest BCUT2D eigenvalue weighted by Gasteiger charge is 2.30. The number of aryl methyl sites for hydroxylation is 1. The van der Waals surface area contributed by atoms with Crippen molar-refractivity contribution in [3.63, 3.8) is 0 Å². The molecule has 2 aromatic heterocycles. The van der Waals surface area contributed by atoms with Crippen molar-refractivity contribution in [1.82, 2.24) is 15.2 Å². The van der Waals surface area contributed by atoms with E-state index in [1.807, 2.05) is 19.1 Å². The van der Waals surface area contributed by atoms with Crippen LogP contribution in [0.1, 0.15) is 29.1 Å². The minimum Gasteiger partial charge on any atom is -0.449 e. The molecule has 0 bridgehead atoms. The minimum atomic E-state index is -0.195. The molecule has 3 heterocycles. The van der Waals surface area contributed by atoms with Gasteiger partial charge in [-0.3, -0.25) is 9.59 Å². The molecule has 0 aromatic carbocycles. The number of carbonyl (C=O) groups excluding carboxylic acids is 2. The summed E-state index contributed by atoms with van der Waals surface area (Å²) in [4.78, 5) is 30.8. The van der Waals surface area contributed by atoms with E-state index in [0.717, 1.165) is 18.5 Å². The summed E-state index contributed by atoms with van der Waals surface area (Å²) in [6.45, 7) is 3.79. The van der Waals surface area contributed by atoms with Crippen molar-refractivity contribution < 1.29 is 14.0 Å². The number of halogens is 2. The number of aromatic nitrogens is 1. The fourth-order valence-electron chi connectivity index (χ4n) is 3.00. The standard InChI is InChI=1S/C17H22N4O3.2ClH/c1-11-4-5-14-13(20-11)9-15(24-14)17(23)21-8-2-3-12(10-21)16(22)19-7-6-18;;/h4-5,9,12H,2-3,6-8,10,18H2,1H3,(H,19,22);2*1H. The molecule has 0 radical (unpaired) electrons. The number of carbonyl (C=O) groups is 2. The van der Waals surface area contributed by atoms with Crippen molar-refractivity contribution in [1.29, 1.82) is 0 Å². The molecule has 0 aliphatic carbocycles. The third kappa shape index (κ3) is 4.87. The van der Waals surface area contributed by atoms with Gasteiger partial charge in [0.15, 0.2) is 11.3 Å². The number of likely N-dealkylation sites (tertiary alicyclic amines) is 1. The zero-order valence-corrected chi connectivity index (χ0v) is 16.2. The van der Waals surface area contributed by atoms with E-state index in [2.05, 4.69) is 10.3 Å². The largest absolute Gasteiger partial charge is 0.449 e. The second-order valence-corrected chi connectivity index (χ2v) is 6.12. The molecule has 1 unspecified atom stereocenters. The average molecular weight is 403 g/mol. The molecular weight excluding hydrogens is 379 g/mol. The van der Waals surface area contributed by atoms with Crippen molar-refractivity contribution in [2.45, 2.75) is 19.8 Å². The maximum absolute atomic E-state index is 12.7. The molecule has 2 amide bonds. The van der Waals surface area contributed by atoms with Crippen molar-refractivity contribution >= 4 is 47.7 Å². The lowest BCUT2D eigenvalue weighted by Crippen LogP contribution is -2.46. The fraction of sp³-hybridized carbons (Fsp3) is 0.471. The maximum atomic E-state index is 12.7. The number of hydrogen-bond donors (Lipinski definition) is 2. The summed E-state index contributed by atoms with van der Waals surface area (Å²) < 4.78 is 5.63. The fourth-order valence-corrected chi connectivity index (χ4v) is 3.00. The molecule has 7 nitrogen and oxygen atoms in total. The van der Waals surface area contributed by atoms with E-state index in [0.29, 0.717) is 37.3 Å². The monoisotopic (exact) mass is 402 g/mol. The zero-order chi connectivity index (χ0) is 17.1. The van der Waals surface area contributed by atoms with E-state index >= 15 is 0 Å². The van der Waals surface area contributed by atoms with Gasteiger partial charge in [-0.2, -0.15) is 0 Å². The number of furan rings is 1. The van der Waals surface area contributed by atoms with Gasteiger partial charge in [0, 0.05) is 37.9 Å². The Labute approximate surface area is 164 Å². The van der Waals surface area contributed by atoms with Crippen LogP contribution in [0.5, 0.6) is 0 Å². The molecule has 1 fully saturated rings. The molecule has 3 N–H and O–H groups in total. The van der Waals surface area contributed by atoms with Crippen LogP contribution < -0.4 is 11.1 Å². The van der Waals surface area contributed by atoms with Gasteiger partial charge in [-0.15, -0.1) is 24.8 Å². The van der Waals surface area contributed by atoms with Gasteiger partial charge in [-0.25, -0.2) is 4.98 Å². The topological polar surface area (TPSA) is 101 Å². The number of rotatable bonds is 4. The van der Waals surface area contributed by atoms with Gasteiger partial charge in [0.2, 0.25) is 5.91 Å². The van der Waals surface area contributed by atoms with Crippen LogP contribution in [-0.4, -0.2) is 47.9 Å². The summed E-state index contributed by atoms with van der Waals surface area (Å²) in [5, 5.41) is 2.79. The number of nitrogens with zero attached hydrogens (tertiary/aromatic N) is 2. The molecule has 3 rings (SSSR count). The lowest BCUT2D eigenvalue weighted by Gasteiger charge is -2.31. The van der Waals surface area contributed by atoms with Crippen LogP contribution in [0.3, 0.4) is 0 Å². The van der Waals surface area contributed by atoms with Crippen LogP contribution in [0, 0.1) is 12.8 Å². The van der Waals surface area contributed by atoms with Gasteiger partial charge in [0.25, 0.3) is 5.91 Å². The number of amides is 2. The first-order valence-electron chi connectivity index (χ1n) is 8.22. The van der Waals surface area contributed by atoms with Gasteiger partial charge in [0.1, 0.15) is 5.52 Å². The summed E-state index contributed by atoms with van der Waals surface area (Å²) >= 11 is 0. The Morgan fingerprint density at radius 3 is 2.88 bits per heavy atom. The first-order valence-corrected chi connectivity index (χ1v) is 8.22. The predicted molar refractivity (Wildman–Crippen MR) is 104 cm³/mol. The molecule has 0 saturated carbocycles. The molecule has 0 spiro atoms. The lowest BCUT2D eigenvalue weighted by molar-refractivity contribution is -0.126. The van der Waals surface area contributed by atoms with E-state index in [9.17, 15) is 9.59 Å². The van der Waals surface area contributed by atoms with E-state index in [1.54, 1.807) is 11.0 Å². The van der Waals surface area contributed by atoms with E-state index in [-0.39, 0.29) is 48.3 Å². The first-order chi connectivity index (χ1) is 11.6. The minimum absolute atomic E-state index is 0. The molecule has 1 aliphatic heterocycles. The van der Waals surface area contributed by atoms with Crippen LogP contribution >= 0.6 is 24.8 Å². The van der Waals surface area contributed by atoms with Crippen molar-refractivity contribution in [3.8, 4) is 0 Å². The number of nitrogens with two attached hydrogens (primary N) is 1. The van der Waals surface area contributed by atoms with Gasteiger partial charge in [-0.1, -0.05) is 0 Å². The summed E-state index contributed by atoms with van der Waals surface area (Å²) in [6, 6.07) is 5.33. The van der Waals surface area contributed by atoms with E-state index < -0.39 is 0 Å². The molecule has 1 saturated heterocycles. The van der Waals surface area contributed by atoms with Crippen LogP contribution in [0.2, 0.25) is 0 Å². The Morgan fingerprint density at radius 2 is 2.15 bits per heavy atom. The molecular formula is C17H24Cl2N4O3.